The van der Waals surface area contributed by atoms with Gasteiger partial charge in [0.15, 0.2) is 6.79 Å². The molecule has 2 aromatic carbocycles. The molecule has 0 bridgehead atoms. The van der Waals surface area contributed by atoms with Crippen LogP contribution in [0, 0.1) is 0 Å². The van der Waals surface area contributed by atoms with Gasteiger partial charge in [-0.05, 0) is 47.0 Å². The molecule has 1 heterocycles. The molecule has 1 aliphatic rings. The zero-order valence-electron chi connectivity index (χ0n) is 21.5. The van der Waals surface area contributed by atoms with Crippen LogP contribution in [0.2, 0.25) is 0 Å². The number of ether oxygens (including phenoxy) is 2. The minimum Gasteiger partial charge on any atom is -0.467 e. The Morgan fingerprint density at radius 3 is 2.27 bits per heavy atom. The Bertz CT molecular complexity index is 951. The first-order valence-electron chi connectivity index (χ1n) is 12.1. The minimum absolute atomic E-state index is 0.0429. The Balaban J connectivity index is 2.04. The molecule has 0 radical (unpaired) electrons. The van der Waals surface area contributed by atoms with Crippen LogP contribution < -0.4 is 15.3 Å². The molecular formula is C28H41N2O2P. The Hall–Kier alpha value is -1.90. The monoisotopic (exact) mass is 468 g/mol. The molecule has 1 saturated heterocycles. The summed E-state index contributed by atoms with van der Waals surface area (Å²) in [5.74, 6) is 0.957. The van der Waals surface area contributed by atoms with Crippen molar-refractivity contribution in [3.63, 3.8) is 0 Å². The maximum Gasteiger partial charge on any atom is 0.188 e. The third-order valence-corrected chi connectivity index (χ3v) is 7.37. The van der Waals surface area contributed by atoms with Crippen molar-refractivity contribution in [1.82, 2.24) is 5.01 Å². The highest BCUT2D eigenvalue weighted by Crippen LogP contribution is 2.37. The number of nitrogens with zero attached hydrogens (tertiary/aromatic N) is 2. The summed E-state index contributed by atoms with van der Waals surface area (Å²) >= 11 is 0. The zero-order chi connectivity index (χ0) is 24.1. The van der Waals surface area contributed by atoms with E-state index in [-0.39, 0.29) is 17.6 Å². The summed E-state index contributed by atoms with van der Waals surface area (Å²) < 4.78 is 11.5. The highest BCUT2D eigenvalue weighted by atomic mass is 31.1. The first kappa shape index (κ1) is 25.7. The standard InChI is InChI=1S/C28H41N2O2P/c1-27(2,3)22-17-23(28(4,5)6)26(32-20-31-7)25(18-22)33-24-14-10-9-13-21(24)19-29-30-15-11-8-12-16-30/h9-10,13-14,17-19,33H,8,11-12,15-16,20H2,1-7H3/b29-19+. The Morgan fingerprint density at radius 1 is 0.939 bits per heavy atom. The number of hydrogen-bond donors (Lipinski definition) is 0. The number of methoxy groups -OCH3 is 1. The van der Waals surface area contributed by atoms with E-state index >= 15 is 0 Å². The number of benzene rings is 2. The van der Waals surface area contributed by atoms with E-state index in [1.807, 2.05) is 6.21 Å². The van der Waals surface area contributed by atoms with Crippen molar-refractivity contribution in [2.75, 3.05) is 27.0 Å². The predicted octanol–water partition coefficient (Wildman–Crippen LogP) is 5.71. The van der Waals surface area contributed by atoms with E-state index in [4.69, 9.17) is 14.6 Å². The van der Waals surface area contributed by atoms with Crippen LogP contribution in [0.3, 0.4) is 0 Å². The molecule has 0 aromatic heterocycles. The molecule has 33 heavy (non-hydrogen) atoms. The summed E-state index contributed by atoms with van der Waals surface area (Å²) in [6, 6.07) is 13.3. The molecular weight excluding hydrogens is 427 g/mol. The lowest BCUT2D eigenvalue weighted by molar-refractivity contribution is 0.0506. The van der Waals surface area contributed by atoms with Gasteiger partial charge in [-0.15, -0.1) is 0 Å². The van der Waals surface area contributed by atoms with Crippen LogP contribution in [-0.4, -0.2) is 38.2 Å². The number of rotatable bonds is 7. The molecule has 3 rings (SSSR count). The lowest BCUT2D eigenvalue weighted by Gasteiger charge is -2.29. The summed E-state index contributed by atoms with van der Waals surface area (Å²) in [4.78, 5) is 0. The second kappa shape index (κ2) is 11.0. The van der Waals surface area contributed by atoms with Gasteiger partial charge in [-0.25, -0.2) is 0 Å². The number of hydrogen-bond acceptors (Lipinski definition) is 4. The van der Waals surface area contributed by atoms with Gasteiger partial charge in [0.2, 0.25) is 0 Å². The van der Waals surface area contributed by atoms with E-state index in [1.165, 1.54) is 46.6 Å². The first-order valence-corrected chi connectivity index (χ1v) is 13.1. The summed E-state index contributed by atoms with van der Waals surface area (Å²) in [7, 11) is 2.14. The van der Waals surface area contributed by atoms with Crippen molar-refractivity contribution in [2.24, 2.45) is 5.10 Å². The minimum atomic E-state index is -0.0429. The molecule has 1 unspecified atom stereocenters. The zero-order valence-corrected chi connectivity index (χ0v) is 22.5. The molecule has 0 aliphatic carbocycles. The van der Waals surface area contributed by atoms with Gasteiger partial charge in [0.25, 0.3) is 0 Å². The van der Waals surface area contributed by atoms with Crippen molar-refractivity contribution >= 4 is 25.4 Å². The van der Waals surface area contributed by atoms with Gasteiger partial charge in [-0.3, -0.25) is 5.01 Å². The SMILES string of the molecule is COCOc1c(Pc2ccccc2/C=N/N2CCCCC2)cc(C(C)(C)C)cc1C(C)(C)C. The number of piperidine rings is 1. The van der Waals surface area contributed by atoms with Gasteiger partial charge >= 0.3 is 0 Å². The maximum absolute atomic E-state index is 6.22. The third-order valence-electron chi connectivity index (χ3n) is 6.01. The molecule has 0 spiro atoms. The van der Waals surface area contributed by atoms with E-state index < -0.39 is 0 Å². The summed E-state index contributed by atoms with van der Waals surface area (Å²) in [6.07, 6.45) is 5.82. The topological polar surface area (TPSA) is 34.1 Å². The molecule has 1 fully saturated rings. The van der Waals surface area contributed by atoms with Crippen LogP contribution in [0.25, 0.3) is 0 Å². The molecule has 180 valence electrons. The average Bonchev–Trinajstić information content (AvgIpc) is 2.76. The van der Waals surface area contributed by atoms with Gasteiger partial charge in [0, 0.05) is 36.6 Å². The van der Waals surface area contributed by atoms with Crippen molar-refractivity contribution < 1.29 is 9.47 Å². The van der Waals surface area contributed by atoms with Crippen molar-refractivity contribution in [2.45, 2.75) is 71.6 Å². The second-order valence-electron chi connectivity index (χ2n) is 10.9. The second-order valence-corrected chi connectivity index (χ2v) is 12.2. The Kier molecular flexibility index (Phi) is 8.59. The molecule has 0 saturated carbocycles. The van der Waals surface area contributed by atoms with E-state index in [0.29, 0.717) is 8.58 Å². The molecule has 0 N–H and O–H groups in total. The predicted molar refractivity (Wildman–Crippen MR) is 143 cm³/mol. The normalized spacial score (nSPS) is 15.7. The first-order chi connectivity index (χ1) is 15.6. The van der Waals surface area contributed by atoms with Crippen LogP contribution in [0.1, 0.15) is 77.5 Å². The van der Waals surface area contributed by atoms with Crippen LogP contribution in [0.5, 0.6) is 5.75 Å². The summed E-state index contributed by atoms with van der Waals surface area (Å²) in [5.41, 5.74) is 3.75. The van der Waals surface area contributed by atoms with Crippen LogP contribution in [0.4, 0.5) is 0 Å². The van der Waals surface area contributed by atoms with Gasteiger partial charge in [-0.2, -0.15) is 5.10 Å². The van der Waals surface area contributed by atoms with Gasteiger partial charge in [0.05, 0.1) is 6.21 Å². The highest BCUT2D eigenvalue weighted by molar-refractivity contribution is 7.56. The van der Waals surface area contributed by atoms with E-state index in [0.717, 1.165) is 18.8 Å². The average molecular weight is 469 g/mol. The fourth-order valence-electron chi connectivity index (χ4n) is 3.99. The van der Waals surface area contributed by atoms with Crippen LogP contribution in [-0.2, 0) is 15.6 Å². The van der Waals surface area contributed by atoms with E-state index in [2.05, 4.69) is 82.9 Å². The molecule has 2 aromatic rings. The van der Waals surface area contributed by atoms with Gasteiger partial charge in [0.1, 0.15) is 5.75 Å². The summed E-state index contributed by atoms with van der Waals surface area (Å²) in [6.45, 7) is 15.9. The van der Waals surface area contributed by atoms with Crippen molar-refractivity contribution in [1.29, 1.82) is 0 Å². The Labute approximate surface area is 202 Å². The van der Waals surface area contributed by atoms with Crippen molar-refractivity contribution in [3.05, 3.63) is 53.1 Å². The quantitative estimate of drug-likeness (QED) is 0.296. The lowest BCUT2D eigenvalue weighted by Crippen LogP contribution is -2.25. The summed E-state index contributed by atoms with van der Waals surface area (Å²) in [5, 5.41) is 9.51. The lowest BCUT2D eigenvalue weighted by atomic mass is 9.80. The smallest absolute Gasteiger partial charge is 0.188 e. The third kappa shape index (κ3) is 7.04. The highest BCUT2D eigenvalue weighted by Gasteiger charge is 2.26. The molecule has 4 nitrogen and oxygen atoms in total. The van der Waals surface area contributed by atoms with E-state index in [9.17, 15) is 0 Å². The van der Waals surface area contributed by atoms with Crippen LogP contribution in [0.15, 0.2) is 41.5 Å². The number of hydrazone groups is 1. The molecule has 5 heteroatoms. The van der Waals surface area contributed by atoms with Gasteiger partial charge < -0.3 is 9.47 Å². The van der Waals surface area contributed by atoms with E-state index in [1.54, 1.807) is 7.11 Å². The van der Waals surface area contributed by atoms with Crippen molar-refractivity contribution in [3.8, 4) is 5.75 Å². The molecule has 1 atom stereocenters. The fourth-order valence-corrected chi connectivity index (χ4v) is 5.30. The molecule has 0 amide bonds. The maximum atomic E-state index is 6.22. The van der Waals surface area contributed by atoms with Gasteiger partial charge in [-0.1, -0.05) is 80.5 Å². The Morgan fingerprint density at radius 2 is 1.64 bits per heavy atom. The molecule has 1 aliphatic heterocycles. The fraction of sp³-hybridized carbons (Fsp3) is 0.536. The van der Waals surface area contributed by atoms with Crippen LogP contribution >= 0.6 is 8.58 Å². The largest absolute Gasteiger partial charge is 0.467 e.